The molecule has 3 nitrogen and oxygen atoms in total. The van der Waals surface area contributed by atoms with E-state index in [-0.39, 0.29) is 27.1 Å². The number of fused-ring (bicyclic) bond motifs is 10. The van der Waals surface area contributed by atoms with Crippen molar-refractivity contribution in [3.05, 3.63) is 186 Å². The number of para-hydroxylation sites is 1. The second-order valence-corrected chi connectivity index (χ2v) is 26.8. The smallest absolute Gasteiger partial charge is 0.212 e. The van der Waals surface area contributed by atoms with E-state index in [1.54, 1.807) is 0 Å². The highest BCUT2D eigenvalue weighted by atomic mass is 32.1. The maximum atomic E-state index is 7.29. The van der Waals surface area contributed by atoms with Crippen LogP contribution in [-0.4, -0.2) is 7.28 Å². The van der Waals surface area contributed by atoms with Crippen LogP contribution < -0.4 is 20.5 Å². The van der Waals surface area contributed by atoms with Crippen LogP contribution in [0.15, 0.2) is 162 Å². The van der Waals surface area contributed by atoms with Crippen LogP contribution in [0.2, 0.25) is 0 Å². The van der Waals surface area contributed by atoms with E-state index in [1.807, 2.05) is 11.3 Å². The van der Waals surface area contributed by atoms with Crippen molar-refractivity contribution in [3.8, 4) is 33.4 Å². The van der Waals surface area contributed by atoms with E-state index in [1.165, 1.54) is 83.5 Å². The molecular formula is C70H68BN2OS. The van der Waals surface area contributed by atoms with Gasteiger partial charge in [-0.3, -0.25) is 0 Å². The predicted molar refractivity (Wildman–Crippen MR) is 324 cm³/mol. The fourth-order valence-electron chi connectivity index (χ4n) is 13.0. The number of nitrogens with zero attached hydrogens (tertiary/aromatic N) is 1. The van der Waals surface area contributed by atoms with Crippen molar-refractivity contribution < 1.29 is 4.42 Å². The molecule has 2 aromatic heterocycles. The summed E-state index contributed by atoms with van der Waals surface area (Å²) in [4.78, 5) is 2.62. The molecule has 1 N–H and O–H groups in total. The zero-order valence-electron chi connectivity index (χ0n) is 45.7. The second kappa shape index (κ2) is 16.8. The molecule has 0 spiro atoms. The SMILES string of the molecule is CC(C)(C)c1ccc(N2c3c(sc4cc5c(cc34)C(C)(C)CCC5(C)C)[B]c3c(-c4ccc(-c5ccccc5)cc4Nc4ccc5c(c4)C(C)(C)CCC5(C)C)cc4c(oc5ccccc54)c32)c(-c2ccccc2)c1. The summed E-state index contributed by atoms with van der Waals surface area (Å²) in [6.45, 7) is 26.4. The minimum absolute atomic E-state index is 0.0387. The number of nitrogens with one attached hydrogen (secondary N) is 1. The van der Waals surface area contributed by atoms with Crippen LogP contribution in [0.25, 0.3) is 65.4 Å². The van der Waals surface area contributed by atoms with Crippen molar-refractivity contribution in [2.24, 2.45) is 0 Å². The standard InChI is InChI=1S/C70H68BN2OS/c1-66(2,3)45-27-31-58(49(37-45)43-22-16-13-17-23-43)73-62-52-40-55-56(70(10,11)35-34-69(55,8)9)41-60(52)75-65(62)71-61-50(39-51-48-24-18-19-25-59(48)74-64(51)63(61)73)47-29-26-44(42-20-14-12-15-21-42)36-57(47)72-46-28-30-53-54(38-46)68(6,7)33-32-67(53,4)5/h12-31,36-41,72H,32-35H2,1-11H3. The maximum absolute atomic E-state index is 7.29. The van der Waals surface area contributed by atoms with E-state index in [9.17, 15) is 0 Å². The lowest BCUT2D eigenvalue weighted by molar-refractivity contribution is 0.332. The number of rotatable bonds is 6. The van der Waals surface area contributed by atoms with Gasteiger partial charge in [0.05, 0.1) is 17.1 Å². The van der Waals surface area contributed by atoms with Crippen LogP contribution in [0.4, 0.5) is 28.4 Å². The summed E-state index contributed by atoms with van der Waals surface area (Å²) >= 11 is 1.93. The summed E-state index contributed by atoms with van der Waals surface area (Å²) in [5.74, 6) is 0. The van der Waals surface area contributed by atoms with Gasteiger partial charge in [0.1, 0.15) is 5.58 Å². The highest BCUT2D eigenvalue weighted by Gasteiger charge is 2.41. The van der Waals surface area contributed by atoms with Crippen molar-refractivity contribution in [1.29, 1.82) is 0 Å². The molecule has 0 saturated heterocycles. The molecule has 373 valence electrons. The Hall–Kier alpha value is -6.82. The van der Waals surface area contributed by atoms with Gasteiger partial charge in [0.15, 0.2) is 5.58 Å². The van der Waals surface area contributed by atoms with Crippen LogP contribution in [0.1, 0.15) is 130 Å². The van der Waals surface area contributed by atoms with Gasteiger partial charge in [-0.2, -0.15) is 0 Å². The van der Waals surface area contributed by atoms with Crippen molar-refractivity contribution in [2.45, 2.75) is 129 Å². The highest BCUT2D eigenvalue weighted by molar-refractivity contribution is 7.29. The van der Waals surface area contributed by atoms with Crippen LogP contribution >= 0.6 is 11.3 Å². The normalized spacial score (nSPS) is 17.0. The Balaban J connectivity index is 1.13. The summed E-state index contributed by atoms with van der Waals surface area (Å²) in [5.41, 5.74) is 23.0. The Kier molecular flexibility index (Phi) is 10.8. The average molecular weight is 996 g/mol. The molecule has 10 aromatic rings. The van der Waals surface area contributed by atoms with E-state index in [0.29, 0.717) is 0 Å². The molecule has 0 fully saturated rings. The first kappa shape index (κ1) is 47.9. The lowest BCUT2D eigenvalue weighted by atomic mass is 9.61. The Morgan fingerprint density at radius 2 is 1.13 bits per heavy atom. The topological polar surface area (TPSA) is 28.4 Å². The third-order valence-corrected chi connectivity index (χ3v) is 18.9. The highest BCUT2D eigenvalue weighted by Crippen LogP contribution is 2.55. The van der Waals surface area contributed by atoms with Crippen LogP contribution in [-0.2, 0) is 27.1 Å². The first-order valence-electron chi connectivity index (χ1n) is 27.3. The number of benzene rings is 8. The molecule has 1 aliphatic heterocycles. The molecule has 3 aliphatic rings. The lowest BCUT2D eigenvalue weighted by Crippen LogP contribution is -2.39. The van der Waals surface area contributed by atoms with Gasteiger partial charge in [-0.1, -0.05) is 179 Å². The molecule has 1 radical (unpaired) electrons. The Morgan fingerprint density at radius 1 is 0.507 bits per heavy atom. The monoisotopic (exact) mass is 996 g/mol. The van der Waals surface area contributed by atoms with E-state index >= 15 is 0 Å². The molecule has 0 amide bonds. The van der Waals surface area contributed by atoms with Crippen LogP contribution in [0.5, 0.6) is 0 Å². The Bertz CT molecular complexity index is 3940. The fourth-order valence-corrected chi connectivity index (χ4v) is 14.1. The minimum Gasteiger partial charge on any atom is -0.454 e. The molecule has 0 atom stereocenters. The third-order valence-electron chi connectivity index (χ3n) is 17.8. The summed E-state index contributed by atoms with van der Waals surface area (Å²) in [7, 11) is 2.51. The number of furan rings is 1. The summed E-state index contributed by atoms with van der Waals surface area (Å²) < 4.78 is 9.86. The van der Waals surface area contributed by atoms with Gasteiger partial charge >= 0.3 is 0 Å². The number of hydrogen-bond donors (Lipinski definition) is 1. The van der Waals surface area contributed by atoms with E-state index in [4.69, 9.17) is 4.42 Å². The zero-order chi connectivity index (χ0) is 52.0. The molecule has 8 aromatic carbocycles. The third kappa shape index (κ3) is 7.81. The van der Waals surface area contributed by atoms with Gasteiger partial charge in [-0.05, 0) is 168 Å². The largest absolute Gasteiger partial charge is 0.454 e. The van der Waals surface area contributed by atoms with Gasteiger partial charge in [0.2, 0.25) is 7.28 Å². The summed E-state index contributed by atoms with van der Waals surface area (Å²) in [6, 6.07) is 59.5. The van der Waals surface area contributed by atoms with Gasteiger partial charge in [-0.15, -0.1) is 11.3 Å². The Morgan fingerprint density at radius 3 is 1.83 bits per heavy atom. The Labute approximate surface area is 449 Å². The molecular weight excluding hydrogens is 928 g/mol. The average Bonchev–Trinajstić information content (AvgIpc) is 4.02. The fraction of sp³-hybridized carbons (Fsp3) is 0.286. The zero-order valence-corrected chi connectivity index (χ0v) is 46.5. The predicted octanol–water partition coefficient (Wildman–Crippen LogP) is 19.0. The van der Waals surface area contributed by atoms with Crippen molar-refractivity contribution in [1.82, 2.24) is 0 Å². The number of hydrogen-bond acceptors (Lipinski definition) is 4. The molecule has 2 aliphatic carbocycles. The number of anilines is 5. The van der Waals surface area contributed by atoms with Crippen LogP contribution in [0.3, 0.4) is 0 Å². The molecule has 5 heteroatoms. The molecule has 13 rings (SSSR count). The molecule has 0 bridgehead atoms. The molecule has 3 heterocycles. The lowest BCUT2D eigenvalue weighted by Gasteiger charge is -2.42. The molecule has 0 unspecified atom stereocenters. The van der Waals surface area contributed by atoms with Gasteiger partial charge in [0, 0.05) is 43.4 Å². The summed E-state index contributed by atoms with van der Waals surface area (Å²) in [5, 5.41) is 7.62. The van der Waals surface area contributed by atoms with E-state index in [0.717, 1.165) is 74.1 Å². The number of thiophene rings is 1. The first-order valence-corrected chi connectivity index (χ1v) is 28.1. The van der Waals surface area contributed by atoms with Crippen molar-refractivity contribution in [3.63, 3.8) is 0 Å². The van der Waals surface area contributed by atoms with Crippen molar-refractivity contribution >= 4 is 89.3 Å². The van der Waals surface area contributed by atoms with E-state index < -0.39 is 0 Å². The summed E-state index contributed by atoms with van der Waals surface area (Å²) in [6.07, 6.45) is 4.66. The first-order chi connectivity index (χ1) is 35.8. The second-order valence-electron chi connectivity index (χ2n) is 25.7. The van der Waals surface area contributed by atoms with Gasteiger partial charge in [-0.25, -0.2) is 0 Å². The quantitative estimate of drug-likeness (QED) is 0.168. The molecule has 0 saturated carbocycles. The van der Waals surface area contributed by atoms with Crippen molar-refractivity contribution in [2.75, 3.05) is 10.2 Å². The molecule has 75 heavy (non-hydrogen) atoms. The van der Waals surface area contributed by atoms with Crippen LogP contribution in [0, 0.1) is 0 Å². The minimum atomic E-state index is -0.0637. The van der Waals surface area contributed by atoms with Gasteiger partial charge in [0.25, 0.3) is 0 Å². The van der Waals surface area contributed by atoms with Gasteiger partial charge < -0.3 is 14.6 Å². The maximum Gasteiger partial charge on any atom is 0.212 e. The van der Waals surface area contributed by atoms with E-state index in [2.05, 4.69) is 251 Å².